The molecule has 8 heteroatoms. The van der Waals surface area contributed by atoms with Crippen LogP contribution < -0.4 is 4.74 Å². The highest BCUT2D eigenvalue weighted by atomic mass is 35.5. The SMILES string of the molecule is OCCCn1nc(COc2cccc(Cl)c2)nc1C1CCn2nccc2C1. The Hall–Kier alpha value is -2.38. The molecule has 1 unspecified atom stereocenters. The van der Waals surface area contributed by atoms with Gasteiger partial charge in [-0.1, -0.05) is 17.7 Å². The molecular formula is C19H22ClN5O2. The second-order valence-electron chi connectivity index (χ2n) is 6.67. The van der Waals surface area contributed by atoms with Crippen molar-refractivity contribution in [2.45, 2.75) is 44.9 Å². The van der Waals surface area contributed by atoms with Gasteiger partial charge in [-0.15, -0.1) is 0 Å². The lowest BCUT2D eigenvalue weighted by molar-refractivity contribution is 0.272. The van der Waals surface area contributed by atoms with Gasteiger partial charge in [0, 0.05) is 42.5 Å². The van der Waals surface area contributed by atoms with E-state index in [-0.39, 0.29) is 13.2 Å². The first kappa shape index (κ1) is 18.0. The number of hydrogen-bond donors (Lipinski definition) is 1. The second-order valence-corrected chi connectivity index (χ2v) is 7.10. The molecule has 1 atom stereocenters. The molecule has 0 fully saturated rings. The van der Waals surface area contributed by atoms with Gasteiger partial charge in [0.15, 0.2) is 5.82 Å². The van der Waals surface area contributed by atoms with Crippen LogP contribution in [-0.2, 0) is 26.1 Å². The molecule has 0 saturated carbocycles. The predicted molar refractivity (Wildman–Crippen MR) is 101 cm³/mol. The monoisotopic (exact) mass is 387 g/mol. The molecule has 0 saturated heterocycles. The maximum atomic E-state index is 9.21. The molecule has 0 radical (unpaired) electrons. The zero-order valence-corrected chi connectivity index (χ0v) is 15.7. The highest BCUT2D eigenvalue weighted by Crippen LogP contribution is 2.28. The van der Waals surface area contributed by atoms with Crippen molar-refractivity contribution in [3.05, 3.63) is 58.9 Å². The summed E-state index contributed by atoms with van der Waals surface area (Å²) in [6, 6.07) is 9.35. The number of aryl methyl sites for hydroxylation is 2. The van der Waals surface area contributed by atoms with Crippen LogP contribution in [0.1, 0.15) is 36.1 Å². The van der Waals surface area contributed by atoms with Crippen molar-refractivity contribution in [1.82, 2.24) is 24.5 Å². The highest BCUT2D eigenvalue weighted by molar-refractivity contribution is 6.30. The van der Waals surface area contributed by atoms with Gasteiger partial charge in [0.2, 0.25) is 0 Å². The van der Waals surface area contributed by atoms with Crippen molar-refractivity contribution < 1.29 is 9.84 Å². The highest BCUT2D eigenvalue weighted by Gasteiger charge is 2.25. The van der Waals surface area contributed by atoms with E-state index in [0.29, 0.717) is 35.5 Å². The molecule has 1 N–H and O–H groups in total. The number of rotatable bonds is 7. The average Bonchev–Trinajstić information content (AvgIpc) is 3.30. The van der Waals surface area contributed by atoms with Crippen LogP contribution in [-0.4, -0.2) is 36.3 Å². The number of benzene rings is 1. The van der Waals surface area contributed by atoms with Crippen LogP contribution in [0.2, 0.25) is 5.02 Å². The zero-order chi connectivity index (χ0) is 18.6. The Kier molecular flexibility index (Phi) is 5.40. The fraction of sp³-hybridized carbons (Fsp3) is 0.421. The molecule has 1 aliphatic rings. The van der Waals surface area contributed by atoms with E-state index in [1.165, 1.54) is 5.69 Å². The predicted octanol–water partition coefficient (Wildman–Crippen LogP) is 2.82. The molecule has 1 aromatic carbocycles. The van der Waals surface area contributed by atoms with Crippen molar-refractivity contribution >= 4 is 11.6 Å². The fourth-order valence-corrected chi connectivity index (χ4v) is 3.62. The van der Waals surface area contributed by atoms with E-state index in [4.69, 9.17) is 21.3 Å². The topological polar surface area (TPSA) is 78.0 Å². The van der Waals surface area contributed by atoms with Crippen molar-refractivity contribution in [1.29, 1.82) is 0 Å². The quantitative estimate of drug-likeness (QED) is 0.674. The maximum absolute atomic E-state index is 9.21. The summed E-state index contributed by atoms with van der Waals surface area (Å²) in [6.45, 7) is 1.94. The fourth-order valence-electron chi connectivity index (χ4n) is 3.44. The largest absolute Gasteiger partial charge is 0.485 e. The van der Waals surface area contributed by atoms with Gasteiger partial charge < -0.3 is 9.84 Å². The standard InChI is InChI=1S/C19H22ClN5O2/c20-15-3-1-4-17(12-15)27-13-18-22-19(25(23-18)8-2-10-26)14-6-9-24-16(11-14)5-7-21-24/h1,3-5,7,12,14,26H,2,6,8-11,13H2. The summed E-state index contributed by atoms with van der Waals surface area (Å²) >= 11 is 6.00. The van der Waals surface area contributed by atoms with E-state index >= 15 is 0 Å². The van der Waals surface area contributed by atoms with E-state index < -0.39 is 0 Å². The van der Waals surface area contributed by atoms with Crippen LogP contribution in [0.5, 0.6) is 5.75 Å². The summed E-state index contributed by atoms with van der Waals surface area (Å²) in [4.78, 5) is 4.76. The molecule has 3 aromatic rings. The first-order valence-corrected chi connectivity index (χ1v) is 9.54. The minimum Gasteiger partial charge on any atom is -0.485 e. The number of aromatic nitrogens is 5. The summed E-state index contributed by atoms with van der Waals surface area (Å²) in [5.74, 6) is 2.58. The molecule has 2 aromatic heterocycles. The number of nitrogens with zero attached hydrogens (tertiary/aromatic N) is 5. The number of hydrogen-bond acceptors (Lipinski definition) is 5. The van der Waals surface area contributed by atoms with E-state index in [1.54, 1.807) is 6.07 Å². The van der Waals surface area contributed by atoms with Crippen molar-refractivity contribution in [3.8, 4) is 5.75 Å². The van der Waals surface area contributed by atoms with E-state index in [0.717, 1.165) is 25.2 Å². The Morgan fingerprint density at radius 3 is 3.07 bits per heavy atom. The van der Waals surface area contributed by atoms with E-state index in [9.17, 15) is 5.11 Å². The van der Waals surface area contributed by atoms with Gasteiger partial charge in [-0.2, -0.15) is 10.2 Å². The summed E-state index contributed by atoms with van der Waals surface area (Å²) in [5, 5.41) is 18.8. The van der Waals surface area contributed by atoms with Crippen molar-refractivity contribution in [3.63, 3.8) is 0 Å². The Morgan fingerprint density at radius 2 is 2.22 bits per heavy atom. The maximum Gasteiger partial charge on any atom is 0.188 e. The van der Waals surface area contributed by atoms with Crippen LogP contribution in [0, 0.1) is 0 Å². The number of aliphatic hydroxyl groups excluding tert-OH is 1. The van der Waals surface area contributed by atoms with Crippen LogP contribution in [0.3, 0.4) is 0 Å². The lowest BCUT2D eigenvalue weighted by Crippen LogP contribution is -2.21. The van der Waals surface area contributed by atoms with Crippen LogP contribution in [0.25, 0.3) is 0 Å². The van der Waals surface area contributed by atoms with Crippen LogP contribution in [0.15, 0.2) is 36.5 Å². The average molecular weight is 388 g/mol. The third kappa shape index (κ3) is 4.14. The molecule has 0 amide bonds. The van der Waals surface area contributed by atoms with Gasteiger partial charge in [-0.05, 0) is 43.5 Å². The lowest BCUT2D eigenvalue weighted by atomic mass is 9.95. The molecular weight excluding hydrogens is 366 g/mol. The molecule has 7 nitrogen and oxygen atoms in total. The van der Waals surface area contributed by atoms with Gasteiger partial charge >= 0.3 is 0 Å². The van der Waals surface area contributed by atoms with Crippen molar-refractivity contribution in [2.75, 3.05) is 6.61 Å². The number of fused-ring (bicyclic) bond motifs is 1. The lowest BCUT2D eigenvalue weighted by Gasteiger charge is -2.22. The Morgan fingerprint density at radius 1 is 1.30 bits per heavy atom. The second kappa shape index (κ2) is 8.10. The minimum absolute atomic E-state index is 0.130. The first-order valence-electron chi connectivity index (χ1n) is 9.16. The van der Waals surface area contributed by atoms with E-state index in [2.05, 4.69) is 16.3 Å². The molecule has 0 aliphatic carbocycles. The summed E-state index contributed by atoms with van der Waals surface area (Å²) in [5.41, 5.74) is 1.22. The number of aliphatic hydroxyl groups is 1. The van der Waals surface area contributed by atoms with Gasteiger partial charge in [0.25, 0.3) is 0 Å². The first-order chi connectivity index (χ1) is 13.2. The molecule has 27 heavy (non-hydrogen) atoms. The van der Waals surface area contributed by atoms with Gasteiger partial charge in [-0.3, -0.25) is 4.68 Å². The Balaban J connectivity index is 1.51. The van der Waals surface area contributed by atoms with E-state index in [1.807, 2.05) is 33.8 Å². The smallest absolute Gasteiger partial charge is 0.188 e. The molecule has 0 bridgehead atoms. The third-order valence-corrected chi connectivity index (χ3v) is 4.99. The number of ether oxygens (including phenoxy) is 1. The zero-order valence-electron chi connectivity index (χ0n) is 15.0. The molecule has 0 spiro atoms. The van der Waals surface area contributed by atoms with Gasteiger partial charge in [-0.25, -0.2) is 9.67 Å². The molecule has 3 heterocycles. The molecule has 1 aliphatic heterocycles. The van der Waals surface area contributed by atoms with Crippen LogP contribution >= 0.6 is 11.6 Å². The summed E-state index contributed by atoms with van der Waals surface area (Å²) < 4.78 is 9.76. The Labute approximate surface area is 162 Å². The number of halogens is 1. The van der Waals surface area contributed by atoms with Crippen molar-refractivity contribution in [2.24, 2.45) is 0 Å². The minimum atomic E-state index is 0.130. The Bertz CT molecular complexity index is 907. The van der Waals surface area contributed by atoms with Gasteiger partial charge in [0.1, 0.15) is 18.2 Å². The summed E-state index contributed by atoms with van der Waals surface area (Å²) in [7, 11) is 0. The third-order valence-electron chi connectivity index (χ3n) is 4.75. The molecule has 142 valence electrons. The summed E-state index contributed by atoms with van der Waals surface area (Å²) in [6.07, 6.45) is 4.36. The molecule has 4 rings (SSSR count). The normalized spacial score (nSPS) is 16.3. The van der Waals surface area contributed by atoms with Gasteiger partial charge in [0.05, 0.1) is 0 Å². The van der Waals surface area contributed by atoms with Crippen LogP contribution in [0.4, 0.5) is 0 Å².